The van der Waals surface area contributed by atoms with Crippen molar-refractivity contribution in [2.45, 2.75) is 0 Å². The van der Waals surface area contributed by atoms with Crippen molar-refractivity contribution in [1.29, 1.82) is 0 Å². The minimum Gasteiger partial charge on any atom is -0.298 e. The van der Waals surface area contributed by atoms with Gasteiger partial charge in [-0.2, -0.15) is 11.3 Å². The Hall–Kier alpha value is -1.67. The predicted octanol–water partition coefficient (Wildman–Crippen LogP) is 3.49. The average Bonchev–Trinajstić information content (AvgIpc) is 2.80. The first-order valence-corrected chi connectivity index (χ1v) is 5.59. The van der Waals surface area contributed by atoms with Crippen LogP contribution in [0.25, 0.3) is 11.6 Å². The lowest BCUT2D eigenvalue weighted by Gasteiger charge is -1.98. The van der Waals surface area contributed by atoms with Crippen molar-refractivity contribution in [2.75, 3.05) is 0 Å². The number of carbonyl (C=O) groups excluding carboxylic acids is 1. The summed E-state index contributed by atoms with van der Waals surface area (Å²) in [5, 5.41) is 4.02. The maximum absolute atomic E-state index is 11.0. The van der Waals surface area contributed by atoms with Crippen molar-refractivity contribution in [3.63, 3.8) is 0 Å². The van der Waals surface area contributed by atoms with Gasteiger partial charge in [-0.05, 0) is 34.0 Å². The number of benzene rings is 1. The van der Waals surface area contributed by atoms with Crippen LogP contribution in [0.5, 0.6) is 0 Å². The Morgan fingerprint density at radius 3 is 2.53 bits per heavy atom. The molecule has 0 bridgehead atoms. The van der Waals surface area contributed by atoms with Gasteiger partial charge >= 0.3 is 0 Å². The number of carbonyl (C=O) groups is 1. The van der Waals surface area contributed by atoms with Crippen molar-refractivity contribution < 1.29 is 4.79 Å². The molecule has 1 nitrogen and oxygen atoms in total. The fourth-order valence-electron chi connectivity index (χ4n) is 1.35. The molecule has 0 saturated heterocycles. The van der Waals surface area contributed by atoms with E-state index in [1.165, 1.54) is 0 Å². The molecular formula is C13H10OS. The Labute approximate surface area is 92.7 Å². The standard InChI is InChI=1S/C13H10OS/c14-9-13(8-11-6-7-15-10-11)12-4-2-1-3-5-12/h1-10H/b13-8-. The molecule has 74 valence electrons. The van der Waals surface area contributed by atoms with Gasteiger partial charge in [0.2, 0.25) is 0 Å². The second-order valence-corrected chi connectivity index (χ2v) is 3.92. The summed E-state index contributed by atoms with van der Waals surface area (Å²) in [7, 11) is 0. The maximum Gasteiger partial charge on any atom is 0.150 e. The van der Waals surface area contributed by atoms with Crippen molar-refractivity contribution in [2.24, 2.45) is 0 Å². The van der Waals surface area contributed by atoms with Crippen molar-refractivity contribution in [3.8, 4) is 0 Å². The van der Waals surface area contributed by atoms with E-state index in [4.69, 9.17) is 0 Å². The third-order valence-corrected chi connectivity index (χ3v) is 2.80. The summed E-state index contributed by atoms with van der Waals surface area (Å²) in [6.45, 7) is 0. The van der Waals surface area contributed by atoms with Crippen LogP contribution in [0.2, 0.25) is 0 Å². The average molecular weight is 214 g/mol. The Morgan fingerprint density at radius 1 is 1.13 bits per heavy atom. The summed E-state index contributed by atoms with van der Waals surface area (Å²) < 4.78 is 0. The van der Waals surface area contributed by atoms with E-state index in [1.807, 2.05) is 53.2 Å². The highest BCUT2D eigenvalue weighted by Crippen LogP contribution is 2.17. The summed E-state index contributed by atoms with van der Waals surface area (Å²) in [6.07, 6.45) is 2.80. The van der Waals surface area contributed by atoms with Crippen LogP contribution in [0.3, 0.4) is 0 Å². The number of aldehydes is 1. The lowest BCUT2D eigenvalue weighted by molar-refractivity contribution is -0.103. The number of hydrogen-bond acceptors (Lipinski definition) is 2. The monoisotopic (exact) mass is 214 g/mol. The number of allylic oxidation sites excluding steroid dienone is 1. The Balaban J connectivity index is 2.37. The van der Waals surface area contributed by atoms with Crippen LogP contribution < -0.4 is 0 Å². The number of hydrogen-bond donors (Lipinski definition) is 0. The van der Waals surface area contributed by atoms with Gasteiger partial charge in [-0.1, -0.05) is 30.3 Å². The van der Waals surface area contributed by atoms with Gasteiger partial charge in [0.15, 0.2) is 6.29 Å². The third-order valence-electron chi connectivity index (χ3n) is 2.10. The lowest BCUT2D eigenvalue weighted by atomic mass is 10.1. The largest absolute Gasteiger partial charge is 0.298 e. The summed E-state index contributed by atoms with van der Waals surface area (Å²) in [5.41, 5.74) is 2.75. The van der Waals surface area contributed by atoms with Gasteiger partial charge in [0, 0.05) is 5.57 Å². The van der Waals surface area contributed by atoms with E-state index in [-0.39, 0.29) is 0 Å². The molecule has 0 N–H and O–H groups in total. The minimum absolute atomic E-state index is 0.717. The molecule has 1 aromatic carbocycles. The SMILES string of the molecule is O=C/C(=C/c1ccsc1)c1ccccc1. The van der Waals surface area contributed by atoms with Crippen molar-refractivity contribution in [3.05, 3.63) is 58.3 Å². The molecule has 15 heavy (non-hydrogen) atoms. The Kier molecular flexibility index (Phi) is 3.10. The van der Waals surface area contributed by atoms with Crippen LogP contribution in [-0.4, -0.2) is 6.29 Å². The Bertz CT molecular complexity index is 455. The summed E-state index contributed by atoms with van der Waals surface area (Å²) in [6, 6.07) is 11.7. The van der Waals surface area contributed by atoms with Crippen LogP contribution in [0.1, 0.15) is 11.1 Å². The molecule has 0 saturated carbocycles. The van der Waals surface area contributed by atoms with E-state index in [9.17, 15) is 4.79 Å². The normalized spacial score (nSPS) is 11.3. The predicted molar refractivity (Wildman–Crippen MR) is 64.7 cm³/mol. The number of rotatable bonds is 3. The molecular weight excluding hydrogens is 204 g/mol. The van der Waals surface area contributed by atoms with Crippen LogP contribution in [0, 0.1) is 0 Å². The van der Waals surface area contributed by atoms with Gasteiger partial charge in [0.05, 0.1) is 0 Å². The molecule has 2 rings (SSSR count). The van der Waals surface area contributed by atoms with Gasteiger partial charge in [-0.25, -0.2) is 0 Å². The molecule has 0 aliphatic carbocycles. The molecule has 0 radical (unpaired) electrons. The fourth-order valence-corrected chi connectivity index (χ4v) is 1.97. The van der Waals surface area contributed by atoms with Gasteiger partial charge < -0.3 is 0 Å². The molecule has 0 aliphatic rings. The zero-order chi connectivity index (χ0) is 10.5. The molecule has 0 atom stereocenters. The summed E-state index contributed by atoms with van der Waals surface area (Å²) in [4.78, 5) is 11.0. The summed E-state index contributed by atoms with van der Waals surface area (Å²) >= 11 is 1.63. The van der Waals surface area contributed by atoms with Crippen molar-refractivity contribution >= 4 is 29.3 Å². The quantitative estimate of drug-likeness (QED) is 0.564. The first kappa shape index (κ1) is 9.87. The second kappa shape index (κ2) is 4.71. The molecule has 0 unspecified atom stereocenters. The van der Waals surface area contributed by atoms with E-state index in [0.717, 1.165) is 17.4 Å². The van der Waals surface area contributed by atoms with E-state index in [1.54, 1.807) is 11.3 Å². The first-order chi connectivity index (χ1) is 7.40. The molecule has 0 amide bonds. The molecule has 1 aromatic heterocycles. The highest BCUT2D eigenvalue weighted by Gasteiger charge is 1.99. The van der Waals surface area contributed by atoms with E-state index < -0.39 is 0 Å². The Morgan fingerprint density at radius 2 is 1.93 bits per heavy atom. The second-order valence-electron chi connectivity index (χ2n) is 3.14. The highest BCUT2D eigenvalue weighted by molar-refractivity contribution is 7.08. The molecule has 0 fully saturated rings. The molecule has 1 heterocycles. The molecule has 0 aliphatic heterocycles. The van der Waals surface area contributed by atoms with Crippen LogP contribution >= 0.6 is 11.3 Å². The van der Waals surface area contributed by atoms with Crippen LogP contribution in [0.4, 0.5) is 0 Å². The van der Waals surface area contributed by atoms with Gasteiger partial charge in [-0.3, -0.25) is 4.79 Å². The zero-order valence-electron chi connectivity index (χ0n) is 8.09. The molecule has 2 aromatic rings. The van der Waals surface area contributed by atoms with Crippen LogP contribution in [-0.2, 0) is 4.79 Å². The topological polar surface area (TPSA) is 17.1 Å². The van der Waals surface area contributed by atoms with E-state index in [2.05, 4.69) is 0 Å². The smallest absolute Gasteiger partial charge is 0.150 e. The van der Waals surface area contributed by atoms with Crippen LogP contribution in [0.15, 0.2) is 47.2 Å². The number of thiophene rings is 1. The van der Waals surface area contributed by atoms with E-state index >= 15 is 0 Å². The minimum atomic E-state index is 0.717. The first-order valence-electron chi connectivity index (χ1n) is 4.64. The third kappa shape index (κ3) is 2.42. The van der Waals surface area contributed by atoms with Gasteiger partial charge in [-0.15, -0.1) is 0 Å². The van der Waals surface area contributed by atoms with E-state index in [0.29, 0.717) is 5.57 Å². The van der Waals surface area contributed by atoms with Crippen molar-refractivity contribution in [1.82, 2.24) is 0 Å². The highest BCUT2D eigenvalue weighted by atomic mass is 32.1. The van der Waals surface area contributed by atoms with Gasteiger partial charge in [0.25, 0.3) is 0 Å². The lowest BCUT2D eigenvalue weighted by Crippen LogP contribution is -1.84. The molecule has 0 spiro atoms. The molecule has 2 heteroatoms. The zero-order valence-corrected chi connectivity index (χ0v) is 8.91. The fraction of sp³-hybridized carbons (Fsp3) is 0. The summed E-state index contributed by atoms with van der Waals surface area (Å²) in [5.74, 6) is 0. The maximum atomic E-state index is 11.0. The van der Waals surface area contributed by atoms with Gasteiger partial charge in [0.1, 0.15) is 0 Å².